The van der Waals surface area contributed by atoms with Crippen LogP contribution in [0.25, 0.3) is 0 Å². The second-order valence-electron chi connectivity index (χ2n) is 7.74. The lowest BCUT2D eigenvalue weighted by molar-refractivity contribution is -0.137. The summed E-state index contributed by atoms with van der Waals surface area (Å²) in [6.45, 7) is 7.60. The minimum atomic E-state index is -0.871. The second kappa shape index (κ2) is 9.74. The number of hydrogen-bond donors (Lipinski definition) is 1. The molecule has 1 N–H and O–H groups in total. The largest absolute Gasteiger partial charge is 0.484 e. The number of benzene rings is 1. The van der Waals surface area contributed by atoms with Gasteiger partial charge >= 0.3 is 0 Å². The summed E-state index contributed by atoms with van der Waals surface area (Å²) in [6, 6.07) is 7.05. The topological polar surface area (TPSA) is 67.9 Å². The Morgan fingerprint density at radius 2 is 1.78 bits per heavy atom. The number of likely N-dealkylation sites (tertiary alicyclic amines) is 1. The molecule has 1 saturated heterocycles. The zero-order chi connectivity index (χ0) is 19.9. The van der Waals surface area contributed by atoms with Crippen LogP contribution in [0.2, 0.25) is 0 Å². The number of carbonyl (C=O) groups is 2. The fourth-order valence-electron chi connectivity index (χ4n) is 3.33. The Kier molecular flexibility index (Phi) is 7.66. The highest BCUT2D eigenvalue weighted by molar-refractivity contribution is 5.97. The molecule has 27 heavy (non-hydrogen) atoms. The van der Waals surface area contributed by atoms with Crippen molar-refractivity contribution in [1.82, 2.24) is 4.90 Å². The standard InChI is InChI=1S/C21H32N2O4/c1-16(2)14-21(3,26-4)20(25)22-17-8-10-18(11-9-17)27-15-19(24)23-12-6-5-7-13-23/h8-11,16H,5-7,12-15H2,1-4H3,(H,22,25)/t21-/m1/s1. The Morgan fingerprint density at radius 3 is 2.33 bits per heavy atom. The summed E-state index contributed by atoms with van der Waals surface area (Å²) in [5.74, 6) is 0.799. The smallest absolute Gasteiger partial charge is 0.260 e. The van der Waals surface area contributed by atoms with Crippen molar-refractivity contribution in [3.05, 3.63) is 24.3 Å². The average Bonchev–Trinajstić information content (AvgIpc) is 2.67. The van der Waals surface area contributed by atoms with E-state index < -0.39 is 5.60 Å². The van der Waals surface area contributed by atoms with Crippen LogP contribution in [-0.2, 0) is 14.3 Å². The van der Waals surface area contributed by atoms with E-state index in [2.05, 4.69) is 19.2 Å². The zero-order valence-corrected chi connectivity index (χ0v) is 16.9. The van der Waals surface area contributed by atoms with Gasteiger partial charge in [-0.05, 0) is 62.8 Å². The van der Waals surface area contributed by atoms with Crippen LogP contribution in [0.15, 0.2) is 24.3 Å². The minimum Gasteiger partial charge on any atom is -0.484 e. The van der Waals surface area contributed by atoms with E-state index in [1.807, 2.05) is 4.90 Å². The van der Waals surface area contributed by atoms with Gasteiger partial charge in [0.15, 0.2) is 6.61 Å². The second-order valence-corrected chi connectivity index (χ2v) is 7.74. The van der Waals surface area contributed by atoms with Gasteiger partial charge in [-0.1, -0.05) is 13.8 Å². The van der Waals surface area contributed by atoms with E-state index in [9.17, 15) is 9.59 Å². The first kappa shape index (κ1) is 21.2. The summed E-state index contributed by atoms with van der Waals surface area (Å²) in [5.41, 5.74) is -0.203. The van der Waals surface area contributed by atoms with E-state index in [0.717, 1.165) is 25.9 Å². The monoisotopic (exact) mass is 376 g/mol. The van der Waals surface area contributed by atoms with E-state index >= 15 is 0 Å². The predicted molar refractivity (Wildman–Crippen MR) is 106 cm³/mol. The highest BCUT2D eigenvalue weighted by Crippen LogP contribution is 2.23. The van der Waals surface area contributed by atoms with Gasteiger partial charge in [-0.25, -0.2) is 0 Å². The number of amides is 2. The Balaban J connectivity index is 1.87. The van der Waals surface area contributed by atoms with E-state index in [1.54, 1.807) is 38.3 Å². The molecule has 1 fully saturated rings. The van der Waals surface area contributed by atoms with Gasteiger partial charge in [0.1, 0.15) is 11.4 Å². The fourth-order valence-corrected chi connectivity index (χ4v) is 3.33. The molecule has 1 aromatic rings. The highest BCUT2D eigenvalue weighted by Gasteiger charge is 2.33. The van der Waals surface area contributed by atoms with Crippen molar-refractivity contribution in [2.45, 2.75) is 52.1 Å². The molecule has 1 aromatic carbocycles. The number of rotatable bonds is 8. The number of nitrogens with one attached hydrogen (secondary N) is 1. The molecule has 1 atom stereocenters. The molecule has 0 radical (unpaired) electrons. The van der Waals surface area contributed by atoms with E-state index in [1.165, 1.54) is 6.42 Å². The molecular weight excluding hydrogens is 344 g/mol. The van der Waals surface area contributed by atoms with Gasteiger partial charge in [-0.2, -0.15) is 0 Å². The highest BCUT2D eigenvalue weighted by atomic mass is 16.5. The van der Waals surface area contributed by atoms with E-state index in [4.69, 9.17) is 9.47 Å². The minimum absolute atomic E-state index is 0.0247. The molecule has 1 aliphatic rings. The van der Waals surface area contributed by atoms with Crippen molar-refractivity contribution in [1.29, 1.82) is 0 Å². The van der Waals surface area contributed by atoms with Gasteiger partial charge in [0.25, 0.3) is 11.8 Å². The Bertz CT molecular complexity index is 624. The van der Waals surface area contributed by atoms with Crippen molar-refractivity contribution < 1.29 is 19.1 Å². The van der Waals surface area contributed by atoms with Crippen LogP contribution in [-0.4, -0.2) is 49.1 Å². The number of nitrogens with zero attached hydrogens (tertiary/aromatic N) is 1. The summed E-state index contributed by atoms with van der Waals surface area (Å²) in [5, 5.41) is 2.89. The van der Waals surface area contributed by atoms with Crippen LogP contribution < -0.4 is 10.1 Å². The van der Waals surface area contributed by atoms with Crippen LogP contribution in [0.1, 0.15) is 46.5 Å². The first-order valence-electron chi connectivity index (χ1n) is 9.71. The summed E-state index contributed by atoms with van der Waals surface area (Å²) < 4.78 is 11.0. The van der Waals surface area contributed by atoms with Crippen LogP contribution >= 0.6 is 0 Å². The van der Waals surface area contributed by atoms with Gasteiger partial charge in [0.05, 0.1) is 0 Å². The number of piperidine rings is 1. The first-order valence-corrected chi connectivity index (χ1v) is 9.71. The van der Waals surface area contributed by atoms with Gasteiger partial charge in [-0.15, -0.1) is 0 Å². The predicted octanol–water partition coefficient (Wildman–Crippen LogP) is 3.47. The van der Waals surface area contributed by atoms with Gasteiger partial charge in [0.2, 0.25) is 0 Å². The number of ether oxygens (including phenoxy) is 2. The fraction of sp³-hybridized carbons (Fsp3) is 0.619. The molecule has 0 unspecified atom stereocenters. The molecule has 2 amide bonds. The molecule has 0 spiro atoms. The quantitative estimate of drug-likeness (QED) is 0.754. The molecule has 6 nitrogen and oxygen atoms in total. The molecule has 6 heteroatoms. The lowest BCUT2D eigenvalue weighted by atomic mass is 9.93. The molecule has 150 valence electrons. The zero-order valence-electron chi connectivity index (χ0n) is 16.9. The third-order valence-corrected chi connectivity index (χ3v) is 4.91. The van der Waals surface area contributed by atoms with E-state index in [0.29, 0.717) is 23.8 Å². The van der Waals surface area contributed by atoms with Gasteiger partial charge in [-0.3, -0.25) is 9.59 Å². The van der Waals surface area contributed by atoms with Crippen LogP contribution in [0.3, 0.4) is 0 Å². The normalized spacial score (nSPS) is 16.7. The Morgan fingerprint density at radius 1 is 1.15 bits per heavy atom. The average molecular weight is 376 g/mol. The molecule has 1 aliphatic heterocycles. The first-order chi connectivity index (χ1) is 12.8. The molecule has 2 rings (SSSR count). The third-order valence-electron chi connectivity index (χ3n) is 4.91. The Hall–Kier alpha value is -2.08. The molecule has 1 heterocycles. The maximum absolute atomic E-state index is 12.6. The lowest BCUT2D eigenvalue weighted by Gasteiger charge is -2.28. The summed E-state index contributed by atoms with van der Waals surface area (Å²) >= 11 is 0. The summed E-state index contributed by atoms with van der Waals surface area (Å²) in [6.07, 6.45) is 3.96. The molecular formula is C21H32N2O4. The SMILES string of the molecule is CO[C@](C)(CC(C)C)C(=O)Nc1ccc(OCC(=O)N2CCCCC2)cc1. The molecule has 0 aromatic heterocycles. The maximum Gasteiger partial charge on any atom is 0.260 e. The molecule has 0 aliphatic carbocycles. The van der Waals surface area contributed by atoms with Crippen molar-refractivity contribution >= 4 is 17.5 Å². The number of methoxy groups -OCH3 is 1. The van der Waals surface area contributed by atoms with Crippen LogP contribution in [0, 0.1) is 5.92 Å². The number of carbonyl (C=O) groups excluding carboxylic acids is 2. The van der Waals surface area contributed by atoms with Gasteiger partial charge < -0.3 is 19.7 Å². The van der Waals surface area contributed by atoms with Crippen molar-refractivity contribution in [3.8, 4) is 5.75 Å². The third kappa shape index (κ3) is 6.24. The van der Waals surface area contributed by atoms with Crippen LogP contribution in [0.4, 0.5) is 5.69 Å². The van der Waals surface area contributed by atoms with E-state index in [-0.39, 0.29) is 18.4 Å². The number of anilines is 1. The van der Waals surface area contributed by atoms with Crippen molar-refractivity contribution in [2.24, 2.45) is 5.92 Å². The molecule has 0 bridgehead atoms. The molecule has 0 saturated carbocycles. The number of hydrogen-bond acceptors (Lipinski definition) is 4. The Labute approximate surface area is 162 Å². The van der Waals surface area contributed by atoms with Gasteiger partial charge in [0, 0.05) is 25.9 Å². The van der Waals surface area contributed by atoms with Crippen molar-refractivity contribution in [2.75, 3.05) is 32.1 Å². The summed E-state index contributed by atoms with van der Waals surface area (Å²) in [7, 11) is 1.55. The lowest BCUT2D eigenvalue weighted by Crippen LogP contribution is -2.43. The summed E-state index contributed by atoms with van der Waals surface area (Å²) in [4.78, 5) is 26.6. The maximum atomic E-state index is 12.6. The van der Waals surface area contributed by atoms with Crippen LogP contribution in [0.5, 0.6) is 5.75 Å². The van der Waals surface area contributed by atoms with Crippen molar-refractivity contribution in [3.63, 3.8) is 0 Å².